The third kappa shape index (κ3) is 3.24. The summed E-state index contributed by atoms with van der Waals surface area (Å²) in [5, 5.41) is 13.1. The summed E-state index contributed by atoms with van der Waals surface area (Å²) in [6, 6.07) is 8.11. The topological polar surface area (TPSA) is 41.5 Å². The van der Waals surface area contributed by atoms with Crippen molar-refractivity contribution in [3.8, 4) is 5.75 Å². The number of hydrogen-bond acceptors (Lipinski definition) is 3. The van der Waals surface area contributed by atoms with Gasteiger partial charge in [-0.3, -0.25) is 0 Å². The van der Waals surface area contributed by atoms with Crippen LogP contribution in [-0.2, 0) is 4.74 Å². The lowest BCUT2D eigenvalue weighted by Gasteiger charge is -2.33. The Kier molecular flexibility index (Phi) is 4.61. The molecule has 0 saturated heterocycles. The van der Waals surface area contributed by atoms with Crippen LogP contribution in [0, 0.1) is 0 Å². The predicted molar refractivity (Wildman–Crippen MR) is 72.7 cm³/mol. The lowest BCUT2D eigenvalue weighted by atomic mass is 9.91. The lowest BCUT2D eigenvalue weighted by Crippen LogP contribution is -2.44. The molecular weight excluding hydrogens is 226 g/mol. The van der Waals surface area contributed by atoms with Gasteiger partial charge in [0.15, 0.2) is 0 Å². The van der Waals surface area contributed by atoms with E-state index in [1.807, 2.05) is 18.2 Å². The van der Waals surface area contributed by atoms with E-state index in [9.17, 15) is 5.11 Å². The van der Waals surface area contributed by atoms with Gasteiger partial charge in [0.2, 0.25) is 0 Å². The highest BCUT2D eigenvalue weighted by atomic mass is 16.5. The summed E-state index contributed by atoms with van der Waals surface area (Å²) in [6.45, 7) is 2.14. The first-order valence-electron chi connectivity index (χ1n) is 6.78. The van der Waals surface area contributed by atoms with E-state index in [1.54, 1.807) is 13.2 Å². The Morgan fingerprint density at radius 3 is 2.83 bits per heavy atom. The molecule has 0 aliphatic heterocycles. The number of phenolic OH excluding ortho intramolecular Hbond substituents is 1. The summed E-state index contributed by atoms with van der Waals surface area (Å²) in [7, 11) is 1.80. The minimum atomic E-state index is 0.234. The summed E-state index contributed by atoms with van der Waals surface area (Å²) >= 11 is 0. The molecule has 0 spiro atoms. The van der Waals surface area contributed by atoms with Crippen molar-refractivity contribution in [1.82, 2.24) is 5.32 Å². The first-order chi connectivity index (χ1) is 8.70. The van der Waals surface area contributed by atoms with Gasteiger partial charge < -0.3 is 15.2 Å². The van der Waals surface area contributed by atoms with Gasteiger partial charge in [-0.15, -0.1) is 0 Å². The summed E-state index contributed by atoms with van der Waals surface area (Å²) in [5.41, 5.74) is 1.12. The van der Waals surface area contributed by atoms with E-state index in [0.717, 1.165) is 12.0 Å². The van der Waals surface area contributed by atoms with Gasteiger partial charge in [-0.1, -0.05) is 25.0 Å². The standard InChI is InChI=1S/C15H23NO2/c1-11(12-6-5-7-13(17)10-12)16-14-8-3-4-9-15(14)18-2/h5-7,10-11,14-17H,3-4,8-9H2,1-2H3. The Labute approximate surface area is 109 Å². The fraction of sp³-hybridized carbons (Fsp3) is 0.600. The Morgan fingerprint density at radius 1 is 1.33 bits per heavy atom. The van der Waals surface area contributed by atoms with E-state index in [2.05, 4.69) is 12.2 Å². The summed E-state index contributed by atoms with van der Waals surface area (Å²) in [5.74, 6) is 0.327. The van der Waals surface area contributed by atoms with Crippen molar-refractivity contribution in [3.05, 3.63) is 29.8 Å². The summed E-state index contributed by atoms with van der Waals surface area (Å²) in [4.78, 5) is 0. The molecule has 0 amide bonds. The second-order valence-corrected chi connectivity index (χ2v) is 5.15. The van der Waals surface area contributed by atoms with E-state index < -0.39 is 0 Å². The number of benzene rings is 1. The van der Waals surface area contributed by atoms with Crippen molar-refractivity contribution >= 4 is 0 Å². The van der Waals surface area contributed by atoms with Gasteiger partial charge in [-0.25, -0.2) is 0 Å². The van der Waals surface area contributed by atoms with E-state index in [4.69, 9.17) is 4.74 Å². The zero-order valence-electron chi connectivity index (χ0n) is 11.2. The Morgan fingerprint density at radius 2 is 2.11 bits per heavy atom. The highest BCUT2D eigenvalue weighted by Crippen LogP contribution is 2.24. The van der Waals surface area contributed by atoms with Gasteiger partial charge in [0.25, 0.3) is 0 Å². The number of hydrogen-bond donors (Lipinski definition) is 2. The molecule has 3 atom stereocenters. The second kappa shape index (κ2) is 6.21. The van der Waals surface area contributed by atoms with Crippen molar-refractivity contribution in [2.45, 2.75) is 50.8 Å². The Balaban J connectivity index is 1.99. The normalized spacial score (nSPS) is 25.9. The van der Waals surface area contributed by atoms with Crippen LogP contribution in [0.15, 0.2) is 24.3 Å². The number of nitrogens with one attached hydrogen (secondary N) is 1. The van der Waals surface area contributed by atoms with Crippen LogP contribution in [0.2, 0.25) is 0 Å². The zero-order chi connectivity index (χ0) is 13.0. The van der Waals surface area contributed by atoms with Crippen LogP contribution < -0.4 is 5.32 Å². The van der Waals surface area contributed by atoms with E-state index in [0.29, 0.717) is 17.9 Å². The smallest absolute Gasteiger partial charge is 0.115 e. The number of aromatic hydroxyl groups is 1. The average molecular weight is 249 g/mol. The maximum absolute atomic E-state index is 9.51. The maximum atomic E-state index is 9.51. The molecule has 0 radical (unpaired) electrons. The zero-order valence-corrected chi connectivity index (χ0v) is 11.2. The van der Waals surface area contributed by atoms with Crippen molar-refractivity contribution in [2.75, 3.05) is 7.11 Å². The molecule has 3 unspecified atom stereocenters. The van der Waals surface area contributed by atoms with Crippen LogP contribution >= 0.6 is 0 Å². The average Bonchev–Trinajstić information content (AvgIpc) is 2.39. The van der Waals surface area contributed by atoms with Gasteiger partial charge in [0.1, 0.15) is 5.75 Å². The summed E-state index contributed by atoms with van der Waals surface area (Å²) < 4.78 is 5.55. The number of methoxy groups -OCH3 is 1. The van der Waals surface area contributed by atoms with Gasteiger partial charge >= 0.3 is 0 Å². The third-order valence-corrected chi connectivity index (χ3v) is 3.84. The first kappa shape index (κ1) is 13.4. The highest BCUT2D eigenvalue weighted by molar-refractivity contribution is 5.29. The molecule has 1 saturated carbocycles. The molecule has 0 bridgehead atoms. The quantitative estimate of drug-likeness (QED) is 0.862. The minimum absolute atomic E-state index is 0.234. The molecule has 1 aliphatic carbocycles. The molecule has 1 aromatic carbocycles. The number of ether oxygens (including phenoxy) is 1. The Bertz CT molecular complexity index is 381. The van der Waals surface area contributed by atoms with Gasteiger partial charge in [0, 0.05) is 19.2 Å². The highest BCUT2D eigenvalue weighted by Gasteiger charge is 2.26. The van der Waals surface area contributed by atoms with Crippen LogP contribution in [0.1, 0.15) is 44.2 Å². The molecule has 18 heavy (non-hydrogen) atoms. The molecule has 0 aromatic heterocycles. The van der Waals surface area contributed by atoms with Crippen LogP contribution in [0.25, 0.3) is 0 Å². The Hall–Kier alpha value is -1.06. The molecule has 100 valence electrons. The van der Waals surface area contributed by atoms with Crippen molar-refractivity contribution in [1.29, 1.82) is 0 Å². The fourth-order valence-electron chi connectivity index (χ4n) is 2.78. The monoisotopic (exact) mass is 249 g/mol. The van der Waals surface area contributed by atoms with Crippen molar-refractivity contribution in [2.24, 2.45) is 0 Å². The number of rotatable bonds is 4. The molecule has 1 fully saturated rings. The van der Waals surface area contributed by atoms with Crippen LogP contribution in [0.3, 0.4) is 0 Å². The second-order valence-electron chi connectivity index (χ2n) is 5.15. The van der Waals surface area contributed by atoms with Crippen LogP contribution in [-0.4, -0.2) is 24.4 Å². The fourth-order valence-corrected chi connectivity index (χ4v) is 2.78. The SMILES string of the molecule is COC1CCCCC1NC(C)c1cccc(O)c1. The molecule has 3 heteroatoms. The first-order valence-corrected chi connectivity index (χ1v) is 6.78. The molecule has 1 aliphatic rings. The molecular formula is C15H23NO2. The molecule has 3 nitrogen and oxygen atoms in total. The predicted octanol–water partition coefficient (Wildman–Crippen LogP) is 3.00. The van der Waals surface area contributed by atoms with Crippen LogP contribution in [0.4, 0.5) is 0 Å². The van der Waals surface area contributed by atoms with Gasteiger partial charge in [0.05, 0.1) is 6.10 Å². The van der Waals surface area contributed by atoms with E-state index in [-0.39, 0.29) is 6.04 Å². The molecule has 2 rings (SSSR count). The lowest BCUT2D eigenvalue weighted by molar-refractivity contribution is 0.0384. The molecule has 1 aromatic rings. The van der Waals surface area contributed by atoms with Crippen LogP contribution in [0.5, 0.6) is 5.75 Å². The maximum Gasteiger partial charge on any atom is 0.115 e. The minimum Gasteiger partial charge on any atom is -0.508 e. The van der Waals surface area contributed by atoms with Gasteiger partial charge in [-0.05, 0) is 37.5 Å². The summed E-state index contributed by atoms with van der Waals surface area (Å²) in [6.07, 6.45) is 5.16. The van der Waals surface area contributed by atoms with Crippen molar-refractivity contribution in [3.63, 3.8) is 0 Å². The molecule has 0 heterocycles. The third-order valence-electron chi connectivity index (χ3n) is 3.84. The van der Waals surface area contributed by atoms with Gasteiger partial charge in [-0.2, -0.15) is 0 Å². The largest absolute Gasteiger partial charge is 0.508 e. The van der Waals surface area contributed by atoms with E-state index >= 15 is 0 Å². The van der Waals surface area contributed by atoms with Crippen molar-refractivity contribution < 1.29 is 9.84 Å². The molecule has 2 N–H and O–H groups in total. The number of phenols is 1. The van der Waals surface area contributed by atoms with E-state index in [1.165, 1.54) is 19.3 Å².